The number of amides is 1. The first-order valence-corrected chi connectivity index (χ1v) is 7.10. The topological polar surface area (TPSA) is 59.4 Å². The Kier molecular flexibility index (Phi) is 4.77. The zero-order valence-electron chi connectivity index (χ0n) is 12.8. The van der Waals surface area contributed by atoms with Gasteiger partial charge in [-0.15, -0.1) is 0 Å². The summed E-state index contributed by atoms with van der Waals surface area (Å²) in [6, 6.07) is 0.111. The van der Waals surface area contributed by atoms with Gasteiger partial charge >= 0.3 is 0 Å². The average Bonchev–Trinajstić information content (AvgIpc) is 2.64. The van der Waals surface area contributed by atoms with E-state index in [0.717, 1.165) is 44.2 Å². The van der Waals surface area contributed by atoms with E-state index in [1.807, 2.05) is 27.8 Å². The molecule has 20 heavy (non-hydrogen) atoms. The number of hydrogen-bond donors (Lipinski definition) is 1. The first-order chi connectivity index (χ1) is 9.49. The summed E-state index contributed by atoms with van der Waals surface area (Å²) in [5.74, 6) is -0.0335. The number of aromatic nitrogens is 2. The smallest absolute Gasteiger partial charge is 0.255 e. The lowest BCUT2D eigenvalue weighted by Crippen LogP contribution is -2.46. The van der Waals surface area contributed by atoms with Gasteiger partial charge in [-0.1, -0.05) is 0 Å². The van der Waals surface area contributed by atoms with E-state index in [2.05, 4.69) is 15.3 Å². The molecule has 112 valence electrons. The first-order valence-electron chi connectivity index (χ1n) is 7.10. The Morgan fingerprint density at radius 1 is 1.40 bits per heavy atom. The zero-order valence-corrected chi connectivity index (χ0v) is 12.8. The maximum Gasteiger partial charge on any atom is 0.255 e. The van der Waals surface area contributed by atoms with E-state index in [1.165, 1.54) is 0 Å². The first kappa shape index (κ1) is 15.0. The van der Waals surface area contributed by atoms with Gasteiger partial charge in [-0.3, -0.25) is 14.4 Å². The minimum Gasteiger partial charge on any atom is -0.379 e. The van der Waals surface area contributed by atoms with E-state index in [4.69, 9.17) is 4.74 Å². The highest BCUT2D eigenvalue weighted by molar-refractivity contribution is 5.96. The summed E-state index contributed by atoms with van der Waals surface area (Å²) in [6.07, 6.45) is 0. The second-order valence-electron chi connectivity index (χ2n) is 5.46. The number of nitrogens with zero attached hydrogens (tertiary/aromatic N) is 3. The Morgan fingerprint density at radius 3 is 2.60 bits per heavy atom. The van der Waals surface area contributed by atoms with Crippen LogP contribution in [0.4, 0.5) is 0 Å². The summed E-state index contributed by atoms with van der Waals surface area (Å²) in [7, 11) is 1.86. The second-order valence-corrected chi connectivity index (χ2v) is 5.46. The molecule has 0 radical (unpaired) electrons. The molecule has 1 fully saturated rings. The van der Waals surface area contributed by atoms with Crippen molar-refractivity contribution >= 4 is 5.91 Å². The lowest BCUT2D eigenvalue weighted by atomic mass is 10.1. The van der Waals surface area contributed by atoms with Crippen LogP contribution in [0.1, 0.15) is 28.7 Å². The van der Waals surface area contributed by atoms with Crippen molar-refractivity contribution < 1.29 is 9.53 Å². The van der Waals surface area contributed by atoms with Crippen molar-refractivity contribution in [1.29, 1.82) is 0 Å². The van der Waals surface area contributed by atoms with Crippen LogP contribution in [-0.2, 0) is 11.8 Å². The van der Waals surface area contributed by atoms with Gasteiger partial charge in [0.15, 0.2) is 0 Å². The highest BCUT2D eigenvalue weighted by atomic mass is 16.5. The molecule has 2 heterocycles. The maximum atomic E-state index is 12.3. The van der Waals surface area contributed by atoms with Crippen LogP contribution in [0.5, 0.6) is 0 Å². The van der Waals surface area contributed by atoms with Crippen LogP contribution >= 0.6 is 0 Å². The molecule has 1 N–H and O–H groups in total. The van der Waals surface area contributed by atoms with E-state index in [-0.39, 0.29) is 11.9 Å². The van der Waals surface area contributed by atoms with E-state index < -0.39 is 0 Å². The number of aryl methyl sites for hydroxylation is 2. The second kappa shape index (κ2) is 6.37. The molecule has 1 aromatic rings. The summed E-state index contributed by atoms with van der Waals surface area (Å²) < 4.78 is 7.07. The van der Waals surface area contributed by atoms with Crippen molar-refractivity contribution in [3.8, 4) is 0 Å². The molecule has 1 atom stereocenters. The average molecular weight is 280 g/mol. The summed E-state index contributed by atoms with van der Waals surface area (Å²) in [6.45, 7) is 10.1. The largest absolute Gasteiger partial charge is 0.379 e. The Bertz CT molecular complexity index is 478. The molecule has 1 aliphatic heterocycles. The lowest BCUT2D eigenvalue weighted by molar-refractivity contribution is 0.0342. The summed E-state index contributed by atoms with van der Waals surface area (Å²) >= 11 is 0. The van der Waals surface area contributed by atoms with Crippen molar-refractivity contribution in [1.82, 2.24) is 20.0 Å². The number of hydrogen-bond acceptors (Lipinski definition) is 4. The minimum atomic E-state index is -0.0335. The van der Waals surface area contributed by atoms with Gasteiger partial charge in [0, 0.05) is 38.4 Å². The Balaban J connectivity index is 1.93. The maximum absolute atomic E-state index is 12.3. The van der Waals surface area contributed by atoms with Gasteiger partial charge in [-0.05, 0) is 20.8 Å². The van der Waals surface area contributed by atoms with Gasteiger partial charge in [-0.2, -0.15) is 5.10 Å². The fourth-order valence-electron chi connectivity index (χ4n) is 2.61. The van der Waals surface area contributed by atoms with Crippen molar-refractivity contribution in [2.45, 2.75) is 26.8 Å². The third kappa shape index (κ3) is 3.37. The quantitative estimate of drug-likeness (QED) is 0.872. The molecule has 2 rings (SSSR count). The van der Waals surface area contributed by atoms with Crippen LogP contribution < -0.4 is 5.32 Å². The van der Waals surface area contributed by atoms with Gasteiger partial charge in [0.2, 0.25) is 0 Å². The van der Waals surface area contributed by atoms with E-state index in [9.17, 15) is 4.79 Å². The molecule has 0 saturated carbocycles. The molecule has 1 aromatic heterocycles. The highest BCUT2D eigenvalue weighted by Crippen LogP contribution is 2.12. The minimum absolute atomic E-state index is 0.0335. The van der Waals surface area contributed by atoms with Gasteiger partial charge in [0.05, 0.1) is 24.5 Å². The SMILES string of the molecule is Cc1nn(C)c(C)c1C(=O)NC(C)CN1CCOCC1. The standard InChI is InChI=1S/C14H24N4O2/c1-10(9-18-5-7-20-8-6-18)15-14(19)13-11(2)16-17(4)12(13)3/h10H,5-9H2,1-4H3,(H,15,19). The van der Waals surface area contributed by atoms with Crippen LogP contribution in [0.2, 0.25) is 0 Å². The summed E-state index contributed by atoms with van der Waals surface area (Å²) in [5.41, 5.74) is 2.38. The molecule has 1 saturated heterocycles. The summed E-state index contributed by atoms with van der Waals surface area (Å²) in [4.78, 5) is 14.7. The molecule has 0 aliphatic carbocycles. The number of rotatable bonds is 4. The normalized spacial score (nSPS) is 18.0. The van der Waals surface area contributed by atoms with Crippen LogP contribution in [0, 0.1) is 13.8 Å². The number of carbonyl (C=O) groups is 1. The fraction of sp³-hybridized carbons (Fsp3) is 0.714. The summed E-state index contributed by atoms with van der Waals surface area (Å²) in [5, 5.41) is 7.35. The number of morpholine rings is 1. The molecular formula is C14H24N4O2. The van der Waals surface area contributed by atoms with E-state index in [1.54, 1.807) is 4.68 Å². The van der Waals surface area contributed by atoms with Crippen LogP contribution in [0.3, 0.4) is 0 Å². The van der Waals surface area contributed by atoms with E-state index in [0.29, 0.717) is 5.56 Å². The van der Waals surface area contributed by atoms with Gasteiger partial charge in [-0.25, -0.2) is 0 Å². The number of nitrogens with one attached hydrogen (secondary N) is 1. The lowest BCUT2D eigenvalue weighted by Gasteiger charge is -2.29. The van der Waals surface area contributed by atoms with Crippen LogP contribution in [0.15, 0.2) is 0 Å². The predicted molar refractivity (Wildman–Crippen MR) is 76.9 cm³/mol. The van der Waals surface area contributed by atoms with Crippen LogP contribution in [-0.4, -0.2) is 59.5 Å². The third-order valence-corrected chi connectivity index (χ3v) is 3.75. The highest BCUT2D eigenvalue weighted by Gasteiger charge is 2.20. The Labute approximate surface area is 120 Å². The van der Waals surface area contributed by atoms with Crippen molar-refractivity contribution in [3.05, 3.63) is 17.0 Å². The molecule has 6 heteroatoms. The predicted octanol–water partition coefficient (Wildman–Crippen LogP) is 0.487. The van der Waals surface area contributed by atoms with Gasteiger partial charge < -0.3 is 10.1 Å². The van der Waals surface area contributed by atoms with Gasteiger partial charge in [0.25, 0.3) is 5.91 Å². The molecule has 1 unspecified atom stereocenters. The van der Waals surface area contributed by atoms with Crippen molar-refractivity contribution in [3.63, 3.8) is 0 Å². The Morgan fingerprint density at radius 2 is 2.05 bits per heavy atom. The molecule has 0 bridgehead atoms. The van der Waals surface area contributed by atoms with Crippen molar-refractivity contribution in [2.75, 3.05) is 32.8 Å². The fourth-order valence-corrected chi connectivity index (χ4v) is 2.61. The molecule has 1 aliphatic rings. The molecule has 6 nitrogen and oxygen atoms in total. The third-order valence-electron chi connectivity index (χ3n) is 3.75. The monoisotopic (exact) mass is 280 g/mol. The number of ether oxygens (including phenoxy) is 1. The van der Waals surface area contributed by atoms with E-state index >= 15 is 0 Å². The molecule has 0 aromatic carbocycles. The molecular weight excluding hydrogens is 256 g/mol. The van der Waals surface area contributed by atoms with Crippen molar-refractivity contribution in [2.24, 2.45) is 7.05 Å². The molecule has 1 amide bonds. The number of carbonyl (C=O) groups excluding carboxylic acids is 1. The zero-order chi connectivity index (χ0) is 14.7. The Hall–Kier alpha value is -1.40. The van der Waals surface area contributed by atoms with Gasteiger partial charge in [0.1, 0.15) is 0 Å². The molecule has 0 spiro atoms. The van der Waals surface area contributed by atoms with Crippen LogP contribution in [0.25, 0.3) is 0 Å².